The molecule has 3 fully saturated rings. The minimum Gasteiger partial charge on any atom is -0.339 e. The van der Waals surface area contributed by atoms with Crippen LogP contribution >= 0.6 is 0 Å². The van der Waals surface area contributed by atoms with Crippen molar-refractivity contribution in [2.45, 2.75) is 57.0 Å². The van der Waals surface area contributed by atoms with Gasteiger partial charge in [0, 0.05) is 25.0 Å². The molecule has 16 heavy (non-hydrogen) atoms. The number of carbonyl (C=O) groups is 1. The average Bonchev–Trinajstić information content (AvgIpc) is 3.17. The molecular formula is C13H22N2O. The quantitative estimate of drug-likeness (QED) is 0.765. The van der Waals surface area contributed by atoms with Gasteiger partial charge in [-0.3, -0.25) is 4.79 Å². The molecule has 0 radical (unpaired) electrons. The number of carbonyl (C=O) groups excluding carboxylic acids is 1. The first kappa shape index (κ1) is 10.6. The van der Waals surface area contributed by atoms with Crippen molar-refractivity contribution in [3.8, 4) is 0 Å². The van der Waals surface area contributed by atoms with Crippen molar-refractivity contribution < 1.29 is 4.79 Å². The van der Waals surface area contributed by atoms with Crippen LogP contribution in [0.15, 0.2) is 0 Å². The SMILES string of the molecule is O=C(CC1CCCN1)N(CC1CC1)C1CC1. The second-order valence-corrected chi connectivity index (χ2v) is 5.72. The molecule has 1 unspecified atom stereocenters. The van der Waals surface area contributed by atoms with E-state index in [1.807, 2.05) is 0 Å². The molecule has 0 aromatic rings. The first-order valence-electron chi connectivity index (χ1n) is 6.86. The maximum atomic E-state index is 12.2. The Bertz CT molecular complexity index is 265. The maximum absolute atomic E-state index is 12.2. The zero-order valence-electron chi connectivity index (χ0n) is 9.95. The van der Waals surface area contributed by atoms with E-state index in [0.717, 1.165) is 25.4 Å². The molecule has 3 heteroatoms. The van der Waals surface area contributed by atoms with Gasteiger partial charge >= 0.3 is 0 Å². The van der Waals surface area contributed by atoms with Gasteiger partial charge in [0.05, 0.1) is 0 Å². The second kappa shape index (κ2) is 4.36. The predicted octanol–water partition coefficient (Wildman–Crippen LogP) is 1.53. The molecule has 2 saturated carbocycles. The highest BCUT2D eigenvalue weighted by atomic mass is 16.2. The van der Waals surface area contributed by atoms with Crippen LogP contribution in [0.3, 0.4) is 0 Å². The van der Waals surface area contributed by atoms with Gasteiger partial charge in [0.1, 0.15) is 0 Å². The lowest BCUT2D eigenvalue weighted by molar-refractivity contribution is -0.132. The van der Waals surface area contributed by atoms with E-state index >= 15 is 0 Å². The summed E-state index contributed by atoms with van der Waals surface area (Å²) in [7, 11) is 0. The van der Waals surface area contributed by atoms with Crippen molar-refractivity contribution in [3.05, 3.63) is 0 Å². The van der Waals surface area contributed by atoms with Gasteiger partial charge in [0.15, 0.2) is 0 Å². The van der Waals surface area contributed by atoms with Crippen LogP contribution in [0.25, 0.3) is 0 Å². The summed E-state index contributed by atoms with van der Waals surface area (Å²) in [5, 5.41) is 3.42. The highest BCUT2D eigenvalue weighted by Crippen LogP contribution is 2.35. The second-order valence-electron chi connectivity index (χ2n) is 5.72. The Kier molecular flexibility index (Phi) is 2.88. The van der Waals surface area contributed by atoms with E-state index < -0.39 is 0 Å². The van der Waals surface area contributed by atoms with Crippen molar-refractivity contribution in [1.29, 1.82) is 0 Å². The van der Waals surface area contributed by atoms with E-state index in [2.05, 4.69) is 10.2 Å². The number of rotatable bonds is 5. The van der Waals surface area contributed by atoms with Crippen molar-refractivity contribution in [2.24, 2.45) is 5.92 Å². The molecule has 0 bridgehead atoms. The topological polar surface area (TPSA) is 32.3 Å². The van der Waals surface area contributed by atoms with E-state index in [0.29, 0.717) is 18.0 Å². The highest BCUT2D eigenvalue weighted by Gasteiger charge is 2.37. The van der Waals surface area contributed by atoms with Gasteiger partial charge in [-0.15, -0.1) is 0 Å². The lowest BCUT2D eigenvalue weighted by atomic mass is 10.1. The van der Waals surface area contributed by atoms with Crippen molar-refractivity contribution >= 4 is 5.91 Å². The summed E-state index contributed by atoms with van der Waals surface area (Å²) in [4.78, 5) is 14.4. The smallest absolute Gasteiger partial charge is 0.224 e. The van der Waals surface area contributed by atoms with Crippen molar-refractivity contribution in [3.63, 3.8) is 0 Å². The van der Waals surface area contributed by atoms with Gasteiger partial charge in [-0.05, 0) is 51.0 Å². The van der Waals surface area contributed by atoms with Crippen LogP contribution in [0.5, 0.6) is 0 Å². The first-order chi connectivity index (χ1) is 7.83. The zero-order chi connectivity index (χ0) is 11.0. The fraction of sp³-hybridized carbons (Fsp3) is 0.923. The monoisotopic (exact) mass is 222 g/mol. The van der Waals surface area contributed by atoms with Crippen LogP contribution in [0.4, 0.5) is 0 Å². The molecule has 1 aliphatic heterocycles. The number of nitrogens with one attached hydrogen (secondary N) is 1. The van der Waals surface area contributed by atoms with Crippen LogP contribution in [0.1, 0.15) is 44.9 Å². The Hall–Kier alpha value is -0.570. The normalized spacial score (nSPS) is 29.4. The van der Waals surface area contributed by atoms with Gasteiger partial charge < -0.3 is 10.2 Å². The highest BCUT2D eigenvalue weighted by molar-refractivity contribution is 5.77. The summed E-state index contributed by atoms with van der Waals surface area (Å²) in [6.45, 7) is 2.15. The van der Waals surface area contributed by atoms with Gasteiger partial charge in [-0.2, -0.15) is 0 Å². The summed E-state index contributed by atoms with van der Waals surface area (Å²) in [5.41, 5.74) is 0. The largest absolute Gasteiger partial charge is 0.339 e. The number of nitrogens with zero attached hydrogens (tertiary/aromatic N) is 1. The van der Waals surface area contributed by atoms with Gasteiger partial charge in [0.25, 0.3) is 0 Å². The lowest BCUT2D eigenvalue weighted by Crippen LogP contribution is -2.38. The Morgan fingerprint density at radius 2 is 2.00 bits per heavy atom. The van der Waals surface area contributed by atoms with E-state index in [1.54, 1.807) is 0 Å². The number of hydrogen-bond acceptors (Lipinski definition) is 2. The third-order valence-corrected chi connectivity index (χ3v) is 4.04. The van der Waals surface area contributed by atoms with E-state index in [1.165, 1.54) is 38.5 Å². The fourth-order valence-corrected chi connectivity index (χ4v) is 2.68. The molecule has 90 valence electrons. The Morgan fingerprint density at radius 1 is 1.19 bits per heavy atom. The first-order valence-corrected chi connectivity index (χ1v) is 6.86. The average molecular weight is 222 g/mol. The molecule has 1 atom stereocenters. The summed E-state index contributed by atoms with van der Waals surface area (Å²) in [5.74, 6) is 1.25. The van der Waals surface area contributed by atoms with Gasteiger partial charge in [0.2, 0.25) is 5.91 Å². The Morgan fingerprint density at radius 3 is 2.56 bits per heavy atom. The molecule has 1 amide bonds. The van der Waals surface area contributed by atoms with Crippen LogP contribution < -0.4 is 5.32 Å². The maximum Gasteiger partial charge on any atom is 0.224 e. The summed E-state index contributed by atoms with van der Waals surface area (Å²) >= 11 is 0. The molecule has 0 spiro atoms. The summed E-state index contributed by atoms with van der Waals surface area (Å²) in [6.07, 6.45) is 8.35. The molecular weight excluding hydrogens is 200 g/mol. The molecule has 2 aliphatic carbocycles. The van der Waals surface area contributed by atoms with Crippen LogP contribution in [0, 0.1) is 5.92 Å². The zero-order valence-corrected chi connectivity index (χ0v) is 9.95. The summed E-state index contributed by atoms with van der Waals surface area (Å²) in [6, 6.07) is 1.07. The van der Waals surface area contributed by atoms with Crippen molar-refractivity contribution in [2.75, 3.05) is 13.1 Å². The van der Waals surface area contributed by atoms with Crippen molar-refractivity contribution in [1.82, 2.24) is 10.2 Å². The van der Waals surface area contributed by atoms with Crippen LogP contribution in [-0.2, 0) is 4.79 Å². The predicted molar refractivity (Wildman–Crippen MR) is 63.1 cm³/mol. The Balaban J connectivity index is 1.52. The summed E-state index contributed by atoms with van der Waals surface area (Å²) < 4.78 is 0. The molecule has 0 aromatic heterocycles. The molecule has 1 saturated heterocycles. The number of hydrogen-bond donors (Lipinski definition) is 1. The van der Waals surface area contributed by atoms with Crippen LogP contribution in [0.2, 0.25) is 0 Å². The van der Waals surface area contributed by atoms with E-state index in [-0.39, 0.29) is 0 Å². The molecule has 3 rings (SSSR count). The molecule has 3 nitrogen and oxygen atoms in total. The Labute approximate surface area is 97.6 Å². The van der Waals surface area contributed by atoms with Gasteiger partial charge in [-0.1, -0.05) is 0 Å². The fourth-order valence-electron chi connectivity index (χ4n) is 2.68. The lowest BCUT2D eigenvalue weighted by Gasteiger charge is -2.24. The van der Waals surface area contributed by atoms with Crippen LogP contribution in [-0.4, -0.2) is 36.0 Å². The molecule has 1 heterocycles. The minimum atomic E-state index is 0.411. The van der Waals surface area contributed by atoms with Gasteiger partial charge in [-0.25, -0.2) is 0 Å². The number of amides is 1. The van der Waals surface area contributed by atoms with E-state index in [9.17, 15) is 4.79 Å². The third-order valence-electron chi connectivity index (χ3n) is 4.04. The molecule has 3 aliphatic rings. The molecule has 0 aromatic carbocycles. The van der Waals surface area contributed by atoms with E-state index in [4.69, 9.17) is 0 Å². The molecule has 1 N–H and O–H groups in total. The third kappa shape index (κ3) is 2.57. The standard InChI is InChI=1S/C13H22N2O/c16-13(8-11-2-1-7-14-11)15(12-5-6-12)9-10-3-4-10/h10-12,14H,1-9H2. The minimum absolute atomic E-state index is 0.411.